The fourth-order valence-corrected chi connectivity index (χ4v) is 3.39. The highest BCUT2D eigenvalue weighted by Gasteiger charge is 2.11. The van der Waals surface area contributed by atoms with Crippen LogP contribution >= 0.6 is 35.3 Å². The van der Waals surface area contributed by atoms with Crippen molar-refractivity contribution in [1.29, 1.82) is 0 Å². The maximum Gasteiger partial charge on any atom is 0.194 e. The number of guanidine groups is 1. The van der Waals surface area contributed by atoms with E-state index >= 15 is 0 Å². The van der Waals surface area contributed by atoms with Gasteiger partial charge in [-0.05, 0) is 38.6 Å². The van der Waals surface area contributed by atoms with Gasteiger partial charge in [-0.2, -0.15) is 0 Å². The molecule has 0 saturated carbocycles. The Balaban J connectivity index is 0.00000338. The van der Waals surface area contributed by atoms with Crippen LogP contribution in [0, 0.1) is 13.8 Å². The first kappa shape index (κ1) is 22.7. The highest BCUT2D eigenvalue weighted by Crippen LogP contribution is 2.24. The molecule has 2 aromatic rings. The number of likely N-dealkylation sites (N-methyl/N-ethyl adjacent to an activating group) is 1. The Kier molecular flexibility index (Phi) is 9.93. The third-order valence-corrected chi connectivity index (χ3v) is 5.03. The molecule has 0 radical (unpaired) electrons. The van der Waals surface area contributed by atoms with Gasteiger partial charge in [0.1, 0.15) is 5.75 Å². The Labute approximate surface area is 177 Å². The van der Waals surface area contributed by atoms with Crippen molar-refractivity contribution in [2.45, 2.75) is 33.7 Å². The molecular weight excluding hydrogens is 459 g/mol. The minimum absolute atomic E-state index is 0. The van der Waals surface area contributed by atoms with Crippen molar-refractivity contribution >= 4 is 41.3 Å². The number of pyridine rings is 1. The van der Waals surface area contributed by atoms with Gasteiger partial charge < -0.3 is 15.0 Å². The second kappa shape index (κ2) is 11.4. The first-order valence-corrected chi connectivity index (χ1v) is 9.45. The van der Waals surface area contributed by atoms with Crippen LogP contribution in [0.2, 0.25) is 0 Å². The summed E-state index contributed by atoms with van der Waals surface area (Å²) in [5.74, 6) is 1.80. The van der Waals surface area contributed by atoms with Crippen molar-refractivity contribution in [2.24, 2.45) is 4.99 Å². The van der Waals surface area contributed by atoms with E-state index in [0.717, 1.165) is 48.0 Å². The lowest BCUT2D eigenvalue weighted by atomic mass is 10.1. The number of ether oxygens (including phenoxy) is 1. The standard InChI is InChI=1S/C19H28N4OS.HI/c1-6-20-19(23(4)10-9-16-8-7-11-25-16)22-13-17-15(3)18(24-5)14(2)12-21-17;/h7-8,11-12H,6,9-10,13H2,1-5H3,(H,20,22);1H. The van der Waals surface area contributed by atoms with Crippen molar-refractivity contribution in [3.8, 4) is 5.75 Å². The number of hydrogen-bond donors (Lipinski definition) is 1. The number of rotatable bonds is 7. The topological polar surface area (TPSA) is 49.8 Å². The molecule has 2 rings (SSSR count). The van der Waals surface area contributed by atoms with Crippen molar-refractivity contribution in [2.75, 3.05) is 27.2 Å². The van der Waals surface area contributed by atoms with Gasteiger partial charge in [0.05, 0.1) is 19.3 Å². The number of halogens is 1. The normalized spacial score (nSPS) is 11.0. The zero-order valence-electron chi connectivity index (χ0n) is 16.2. The van der Waals surface area contributed by atoms with Crippen molar-refractivity contribution in [3.05, 3.63) is 45.4 Å². The van der Waals surface area contributed by atoms with Crippen molar-refractivity contribution in [3.63, 3.8) is 0 Å². The molecular formula is C19H29IN4OS. The Hall–Kier alpha value is -1.35. The molecule has 0 fully saturated rings. The molecule has 0 aromatic carbocycles. The first-order chi connectivity index (χ1) is 12.1. The number of hydrogen-bond acceptors (Lipinski definition) is 4. The molecule has 0 aliphatic carbocycles. The van der Waals surface area contributed by atoms with E-state index in [-0.39, 0.29) is 24.0 Å². The van der Waals surface area contributed by atoms with E-state index < -0.39 is 0 Å². The van der Waals surface area contributed by atoms with Gasteiger partial charge in [-0.3, -0.25) is 4.98 Å². The molecule has 144 valence electrons. The Bertz CT molecular complexity index is 704. The maximum absolute atomic E-state index is 5.48. The van der Waals surface area contributed by atoms with Gasteiger partial charge in [0, 0.05) is 42.3 Å². The second-order valence-corrected chi connectivity index (χ2v) is 7.00. The van der Waals surface area contributed by atoms with Gasteiger partial charge in [0.15, 0.2) is 5.96 Å². The third-order valence-electron chi connectivity index (χ3n) is 4.10. The van der Waals surface area contributed by atoms with Gasteiger partial charge in [0.2, 0.25) is 0 Å². The van der Waals surface area contributed by atoms with E-state index in [1.807, 2.05) is 20.0 Å². The average Bonchev–Trinajstić information content (AvgIpc) is 3.12. The SMILES string of the molecule is CCNC(=NCc1ncc(C)c(OC)c1C)N(C)CCc1cccs1.I. The maximum atomic E-state index is 5.48. The van der Waals surface area contributed by atoms with Crippen LogP contribution in [0.1, 0.15) is 28.6 Å². The van der Waals surface area contributed by atoms with Gasteiger partial charge >= 0.3 is 0 Å². The molecule has 0 unspecified atom stereocenters. The van der Waals surface area contributed by atoms with Crippen LogP contribution in [0.3, 0.4) is 0 Å². The van der Waals surface area contributed by atoms with E-state index in [1.54, 1.807) is 18.4 Å². The van der Waals surface area contributed by atoms with Crippen LogP contribution in [-0.2, 0) is 13.0 Å². The summed E-state index contributed by atoms with van der Waals surface area (Å²) in [6, 6.07) is 4.27. The Morgan fingerprint density at radius 2 is 2.15 bits per heavy atom. The number of aliphatic imine (C=N–C) groups is 1. The summed E-state index contributed by atoms with van der Waals surface area (Å²) >= 11 is 1.80. The Morgan fingerprint density at radius 1 is 1.38 bits per heavy atom. The number of nitrogens with zero attached hydrogens (tertiary/aromatic N) is 3. The number of aryl methyl sites for hydroxylation is 1. The number of nitrogens with one attached hydrogen (secondary N) is 1. The molecule has 2 aromatic heterocycles. The number of methoxy groups -OCH3 is 1. The Morgan fingerprint density at radius 3 is 2.77 bits per heavy atom. The molecule has 1 N–H and O–H groups in total. The third kappa shape index (κ3) is 6.12. The summed E-state index contributed by atoms with van der Waals surface area (Å²) in [6.45, 7) is 8.43. The van der Waals surface area contributed by atoms with Gasteiger partial charge in [-0.25, -0.2) is 4.99 Å². The predicted octanol–water partition coefficient (Wildman–Crippen LogP) is 4.03. The van der Waals surface area contributed by atoms with E-state index in [9.17, 15) is 0 Å². The number of aromatic nitrogens is 1. The van der Waals surface area contributed by atoms with Crippen LogP contribution in [0.25, 0.3) is 0 Å². The molecule has 7 heteroatoms. The van der Waals surface area contributed by atoms with Crippen LogP contribution in [0.15, 0.2) is 28.7 Å². The lowest BCUT2D eigenvalue weighted by Gasteiger charge is -2.22. The van der Waals surface area contributed by atoms with Gasteiger partial charge in [-0.1, -0.05) is 6.07 Å². The lowest BCUT2D eigenvalue weighted by molar-refractivity contribution is 0.407. The fourth-order valence-electron chi connectivity index (χ4n) is 2.69. The quantitative estimate of drug-likeness (QED) is 0.364. The lowest BCUT2D eigenvalue weighted by Crippen LogP contribution is -2.39. The highest BCUT2D eigenvalue weighted by atomic mass is 127. The second-order valence-electron chi connectivity index (χ2n) is 5.97. The molecule has 26 heavy (non-hydrogen) atoms. The van der Waals surface area contributed by atoms with Crippen molar-refractivity contribution < 1.29 is 4.74 Å². The largest absolute Gasteiger partial charge is 0.496 e. The van der Waals surface area contributed by atoms with Gasteiger partial charge in [0.25, 0.3) is 0 Å². The summed E-state index contributed by atoms with van der Waals surface area (Å²) in [7, 11) is 3.77. The van der Waals surface area contributed by atoms with Crippen LogP contribution < -0.4 is 10.1 Å². The number of thiophene rings is 1. The molecule has 0 atom stereocenters. The zero-order valence-corrected chi connectivity index (χ0v) is 19.4. The van der Waals surface area contributed by atoms with E-state index in [1.165, 1.54) is 4.88 Å². The van der Waals surface area contributed by atoms with E-state index in [2.05, 4.69) is 46.7 Å². The first-order valence-electron chi connectivity index (χ1n) is 8.57. The molecule has 0 amide bonds. The van der Waals surface area contributed by atoms with Crippen LogP contribution in [0.4, 0.5) is 0 Å². The predicted molar refractivity (Wildman–Crippen MR) is 121 cm³/mol. The molecule has 2 heterocycles. The molecule has 0 aliphatic heterocycles. The summed E-state index contributed by atoms with van der Waals surface area (Å²) in [5.41, 5.74) is 3.06. The van der Waals surface area contributed by atoms with E-state index in [4.69, 9.17) is 9.73 Å². The monoisotopic (exact) mass is 488 g/mol. The molecule has 0 saturated heterocycles. The van der Waals surface area contributed by atoms with Crippen LogP contribution in [-0.4, -0.2) is 43.1 Å². The molecule has 0 bridgehead atoms. The summed E-state index contributed by atoms with van der Waals surface area (Å²) in [4.78, 5) is 12.9. The van der Waals surface area contributed by atoms with Crippen LogP contribution in [0.5, 0.6) is 5.75 Å². The molecule has 0 aliphatic rings. The fraction of sp³-hybridized carbons (Fsp3) is 0.474. The average molecular weight is 488 g/mol. The minimum Gasteiger partial charge on any atom is -0.496 e. The zero-order chi connectivity index (χ0) is 18.2. The van der Waals surface area contributed by atoms with Gasteiger partial charge in [-0.15, -0.1) is 35.3 Å². The highest BCUT2D eigenvalue weighted by molar-refractivity contribution is 14.0. The van der Waals surface area contributed by atoms with E-state index in [0.29, 0.717) is 6.54 Å². The summed E-state index contributed by atoms with van der Waals surface area (Å²) < 4.78 is 5.48. The minimum atomic E-state index is 0. The smallest absolute Gasteiger partial charge is 0.194 e. The van der Waals surface area contributed by atoms with Crippen molar-refractivity contribution in [1.82, 2.24) is 15.2 Å². The molecule has 5 nitrogen and oxygen atoms in total. The molecule has 0 spiro atoms. The summed E-state index contributed by atoms with van der Waals surface area (Å²) in [5, 5.41) is 5.48. The summed E-state index contributed by atoms with van der Waals surface area (Å²) in [6.07, 6.45) is 2.87.